The molecule has 152 valence electrons. The molecule has 3 aromatic rings. The summed E-state index contributed by atoms with van der Waals surface area (Å²) in [7, 11) is 5.51. The molecule has 0 N–H and O–H groups in total. The highest BCUT2D eigenvalue weighted by atomic mass is 35.5. The van der Waals surface area contributed by atoms with E-state index in [0.717, 1.165) is 4.70 Å². The van der Waals surface area contributed by atoms with Crippen molar-refractivity contribution in [2.75, 3.05) is 46.0 Å². The molecule has 0 spiro atoms. The van der Waals surface area contributed by atoms with E-state index in [1.807, 2.05) is 19.0 Å². The molecule has 0 saturated heterocycles. The predicted octanol–water partition coefficient (Wildman–Crippen LogP) is 3.90. The van der Waals surface area contributed by atoms with E-state index < -0.39 is 0 Å². The Hall–Kier alpha value is -2.55. The normalized spacial score (nSPS) is 12.6. The summed E-state index contributed by atoms with van der Waals surface area (Å²) in [6.45, 7) is 1.31. The number of amides is 1. The molecule has 4 rings (SSSR count). The quantitative estimate of drug-likeness (QED) is 0.587. The summed E-state index contributed by atoms with van der Waals surface area (Å²) in [5.41, 5.74) is 1.15. The number of methoxy groups -OCH3 is 1. The molecule has 0 radical (unpaired) electrons. The number of carbonyl (C=O) groups is 1. The number of aromatic nitrogens is 1. The molecular weight excluding hydrogens is 414 g/mol. The van der Waals surface area contributed by atoms with Crippen LogP contribution in [0, 0.1) is 0 Å². The molecular formula is C20H20ClN3O4S. The van der Waals surface area contributed by atoms with Gasteiger partial charge in [-0.1, -0.05) is 22.9 Å². The molecule has 1 amide bonds. The Morgan fingerprint density at radius 3 is 2.76 bits per heavy atom. The summed E-state index contributed by atoms with van der Waals surface area (Å²) in [6, 6.07) is 8.73. The van der Waals surface area contributed by atoms with E-state index in [2.05, 4.69) is 4.98 Å². The van der Waals surface area contributed by atoms with Crippen LogP contribution in [0.15, 0.2) is 30.3 Å². The molecule has 7 nitrogen and oxygen atoms in total. The minimum absolute atomic E-state index is 0.160. The number of anilines is 1. The van der Waals surface area contributed by atoms with Gasteiger partial charge in [-0.15, -0.1) is 0 Å². The highest BCUT2D eigenvalue weighted by molar-refractivity contribution is 7.23. The highest BCUT2D eigenvalue weighted by Crippen LogP contribution is 2.39. The third kappa shape index (κ3) is 3.83. The van der Waals surface area contributed by atoms with Crippen molar-refractivity contribution >= 4 is 44.2 Å². The first-order chi connectivity index (χ1) is 14.0. The van der Waals surface area contributed by atoms with Crippen LogP contribution >= 0.6 is 22.9 Å². The lowest BCUT2D eigenvalue weighted by Crippen LogP contribution is -2.36. The van der Waals surface area contributed by atoms with Gasteiger partial charge in [-0.3, -0.25) is 9.69 Å². The summed E-state index contributed by atoms with van der Waals surface area (Å²) >= 11 is 7.73. The van der Waals surface area contributed by atoms with Crippen LogP contribution in [0.2, 0.25) is 5.02 Å². The van der Waals surface area contributed by atoms with Crippen molar-refractivity contribution in [2.24, 2.45) is 0 Å². The fourth-order valence-corrected chi connectivity index (χ4v) is 4.27. The van der Waals surface area contributed by atoms with Gasteiger partial charge in [0.25, 0.3) is 5.91 Å². The number of hydrogen-bond acceptors (Lipinski definition) is 7. The van der Waals surface area contributed by atoms with Gasteiger partial charge in [0.2, 0.25) is 6.79 Å². The van der Waals surface area contributed by atoms with Crippen LogP contribution in [0.1, 0.15) is 10.4 Å². The van der Waals surface area contributed by atoms with Crippen molar-refractivity contribution < 1.29 is 19.0 Å². The third-order valence-corrected chi connectivity index (χ3v) is 6.07. The number of thiazole rings is 1. The molecule has 0 fully saturated rings. The Balaban J connectivity index is 1.75. The third-order valence-electron chi connectivity index (χ3n) is 4.53. The van der Waals surface area contributed by atoms with Crippen molar-refractivity contribution in [2.45, 2.75) is 0 Å². The standard InChI is InChI=1S/C20H20ClN3O4S/c1-23(2)8-9-24(19(25)12-4-6-14-16(10-12)28-11-27-14)20-22-17-15(26-3)7-5-13(21)18(17)29-20/h4-7,10H,8-9,11H2,1-3H3. The Morgan fingerprint density at radius 1 is 1.21 bits per heavy atom. The smallest absolute Gasteiger partial charge is 0.260 e. The number of hydrogen-bond donors (Lipinski definition) is 0. The number of carbonyl (C=O) groups excluding carboxylic acids is 1. The van der Waals surface area contributed by atoms with Gasteiger partial charge >= 0.3 is 0 Å². The molecule has 1 aromatic heterocycles. The van der Waals surface area contributed by atoms with E-state index >= 15 is 0 Å². The van der Waals surface area contributed by atoms with Gasteiger partial charge in [-0.25, -0.2) is 4.98 Å². The summed E-state index contributed by atoms with van der Waals surface area (Å²) in [5, 5.41) is 1.14. The van der Waals surface area contributed by atoms with Gasteiger partial charge in [-0.2, -0.15) is 0 Å². The first-order valence-corrected chi connectivity index (χ1v) is 10.2. The number of rotatable bonds is 6. The second-order valence-electron chi connectivity index (χ2n) is 6.75. The zero-order valence-electron chi connectivity index (χ0n) is 16.3. The van der Waals surface area contributed by atoms with Gasteiger partial charge in [0.05, 0.1) is 16.8 Å². The Morgan fingerprint density at radius 2 is 2.00 bits per heavy atom. The average molecular weight is 434 g/mol. The van der Waals surface area contributed by atoms with Crippen molar-refractivity contribution in [3.63, 3.8) is 0 Å². The van der Waals surface area contributed by atoms with Crippen LogP contribution in [0.5, 0.6) is 17.2 Å². The molecule has 1 aliphatic heterocycles. The van der Waals surface area contributed by atoms with E-state index in [4.69, 9.17) is 25.8 Å². The van der Waals surface area contributed by atoms with Gasteiger partial charge in [0.1, 0.15) is 11.3 Å². The fourth-order valence-electron chi connectivity index (χ4n) is 2.99. The maximum absolute atomic E-state index is 13.4. The summed E-state index contributed by atoms with van der Waals surface area (Å²) in [5.74, 6) is 1.66. The first kappa shape index (κ1) is 19.8. The largest absolute Gasteiger partial charge is 0.494 e. The second-order valence-corrected chi connectivity index (χ2v) is 8.14. The van der Waals surface area contributed by atoms with Gasteiger partial charge < -0.3 is 19.1 Å². The monoisotopic (exact) mass is 433 g/mol. The van der Waals surface area contributed by atoms with Gasteiger partial charge in [0, 0.05) is 18.7 Å². The average Bonchev–Trinajstić information content (AvgIpc) is 3.35. The molecule has 0 unspecified atom stereocenters. The number of ether oxygens (including phenoxy) is 3. The van der Waals surface area contributed by atoms with Crippen LogP contribution in [0.25, 0.3) is 10.2 Å². The molecule has 9 heteroatoms. The summed E-state index contributed by atoms with van der Waals surface area (Å²) < 4.78 is 17.0. The minimum Gasteiger partial charge on any atom is -0.494 e. The lowest BCUT2D eigenvalue weighted by Gasteiger charge is -2.22. The Kier molecular flexibility index (Phi) is 5.49. The number of nitrogens with zero attached hydrogens (tertiary/aromatic N) is 3. The van der Waals surface area contributed by atoms with E-state index in [1.165, 1.54) is 11.3 Å². The number of halogens is 1. The van der Waals surface area contributed by atoms with Crippen molar-refractivity contribution in [1.82, 2.24) is 9.88 Å². The lowest BCUT2D eigenvalue weighted by molar-refractivity contribution is 0.0984. The summed E-state index contributed by atoms with van der Waals surface area (Å²) in [6.07, 6.45) is 0. The van der Waals surface area contributed by atoms with Crippen molar-refractivity contribution in [1.29, 1.82) is 0 Å². The molecule has 0 aliphatic carbocycles. The van der Waals surface area contributed by atoms with Crippen molar-refractivity contribution in [3.05, 3.63) is 40.9 Å². The lowest BCUT2D eigenvalue weighted by atomic mass is 10.2. The van der Waals surface area contributed by atoms with E-state index in [1.54, 1.807) is 42.3 Å². The SMILES string of the molecule is COc1ccc(Cl)c2sc(N(CCN(C)C)C(=O)c3ccc4c(c3)OCO4)nc12. The molecule has 29 heavy (non-hydrogen) atoms. The molecule has 2 aromatic carbocycles. The van der Waals surface area contributed by atoms with E-state index in [0.29, 0.717) is 51.6 Å². The maximum atomic E-state index is 13.4. The zero-order chi connectivity index (χ0) is 20.5. The van der Waals surface area contributed by atoms with Crippen LogP contribution in [-0.4, -0.2) is 56.9 Å². The van der Waals surface area contributed by atoms with Crippen LogP contribution in [0.3, 0.4) is 0 Å². The predicted molar refractivity (Wildman–Crippen MR) is 114 cm³/mol. The minimum atomic E-state index is -0.167. The fraction of sp³-hybridized carbons (Fsp3) is 0.300. The Labute approximate surface area is 177 Å². The van der Waals surface area contributed by atoms with Gasteiger partial charge in [0.15, 0.2) is 16.6 Å². The molecule has 2 heterocycles. The number of benzene rings is 2. The second kappa shape index (κ2) is 8.06. The highest BCUT2D eigenvalue weighted by Gasteiger charge is 2.25. The van der Waals surface area contributed by atoms with E-state index in [-0.39, 0.29) is 12.7 Å². The van der Waals surface area contributed by atoms with Crippen LogP contribution in [0.4, 0.5) is 5.13 Å². The molecule has 1 aliphatic rings. The van der Waals surface area contributed by atoms with Gasteiger partial charge in [-0.05, 0) is 44.4 Å². The molecule has 0 saturated carbocycles. The van der Waals surface area contributed by atoms with E-state index in [9.17, 15) is 4.79 Å². The molecule has 0 atom stereocenters. The van der Waals surface area contributed by atoms with Crippen molar-refractivity contribution in [3.8, 4) is 17.2 Å². The zero-order valence-corrected chi connectivity index (χ0v) is 17.8. The molecule has 0 bridgehead atoms. The number of likely N-dealkylation sites (N-methyl/N-ethyl adjacent to an activating group) is 1. The van der Waals surface area contributed by atoms with Crippen LogP contribution < -0.4 is 19.1 Å². The number of fused-ring (bicyclic) bond motifs is 2. The topological polar surface area (TPSA) is 64.1 Å². The summed E-state index contributed by atoms with van der Waals surface area (Å²) in [4.78, 5) is 21.7. The van der Waals surface area contributed by atoms with Crippen LogP contribution in [-0.2, 0) is 0 Å². The Bertz CT molecular complexity index is 1070. The first-order valence-electron chi connectivity index (χ1n) is 8.97. The maximum Gasteiger partial charge on any atom is 0.260 e.